The Bertz CT molecular complexity index is 804. The second kappa shape index (κ2) is 8.73. The van der Waals surface area contributed by atoms with Crippen LogP contribution in [0.4, 0.5) is 0 Å². The SMILES string of the molecule is O=Cc1cc(Br)ccc1OCC(=O)N(C1CCCCC1)C1CCS(=O)(=O)C1. The molecule has 3 rings (SSSR count). The average Bonchev–Trinajstić information content (AvgIpc) is 3.01. The van der Waals surface area contributed by atoms with Gasteiger partial charge in [-0.25, -0.2) is 8.42 Å². The van der Waals surface area contributed by atoms with Crippen LogP contribution in [0.25, 0.3) is 0 Å². The smallest absolute Gasteiger partial charge is 0.261 e. The Morgan fingerprint density at radius 3 is 2.56 bits per heavy atom. The number of carbonyl (C=O) groups excluding carboxylic acids is 2. The summed E-state index contributed by atoms with van der Waals surface area (Å²) in [5, 5.41) is 0. The van der Waals surface area contributed by atoms with Gasteiger partial charge in [-0.1, -0.05) is 35.2 Å². The van der Waals surface area contributed by atoms with E-state index in [0.717, 1.165) is 36.6 Å². The number of carbonyl (C=O) groups is 2. The van der Waals surface area contributed by atoms with Crippen molar-refractivity contribution in [1.29, 1.82) is 0 Å². The first-order valence-corrected chi connectivity index (χ1v) is 11.9. The molecular weight excluding hydrogens is 434 g/mol. The Hall–Kier alpha value is -1.41. The van der Waals surface area contributed by atoms with Crippen LogP contribution < -0.4 is 4.74 Å². The molecule has 1 saturated carbocycles. The molecule has 1 saturated heterocycles. The number of aldehydes is 1. The lowest BCUT2D eigenvalue weighted by molar-refractivity contribution is -0.138. The largest absolute Gasteiger partial charge is 0.483 e. The predicted molar refractivity (Wildman–Crippen MR) is 106 cm³/mol. The van der Waals surface area contributed by atoms with Crippen molar-refractivity contribution in [1.82, 2.24) is 4.90 Å². The maximum absolute atomic E-state index is 13.0. The van der Waals surface area contributed by atoms with E-state index >= 15 is 0 Å². The molecule has 1 aliphatic heterocycles. The summed E-state index contributed by atoms with van der Waals surface area (Å²) in [7, 11) is -3.08. The van der Waals surface area contributed by atoms with Crippen LogP contribution in [0.5, 0.6) is 5.75 Å². The molecule has 1 unspecified atom stereocenters. The van der Waals surface area contributed by atoms with Crippen molar-refractivity contribution in [3.8, 4) is 5.75 Å². The van der Waals surface area contributed by atoms with Gasteiger partial charge in [0.15, 0.2) is 22.7 Å². The third-order valence-electron chi connectivity index (χ3n) is 5.31. The number of halogens is 1. The summed E-state index contributed by atoms with van der Waals surface area (Å²) < 4.78 is 30.3. The lowest BCUT2D eigenvalue weighted by atomic mass is 9.93. The van der Waals surface area contributed by atoms with Gasteiger partial charge in [0.2, 0.25) is 0 Å². The number of ether oxygens (including phenoxy) is 1. The lowest BCUT2D eigenvalue weighted by Crippen LogP contribution is -2.50. The quantitative estimate of drug-likeness (QED) is 0.613. The van der Waals surface area contributed by atoms with E-state index in [4.69, 9.17) is 4.74 Å². The maximum Gasteiger partial charge on any atom is 0.261 e. The highest BCUT2D eigenvalue weighted by molar-refractivity contribution is 9.10. The van der Waals surface area contributed by atoms with Gasteiger partial charge in [0, 0.05) is 16.6 Å². The normalized spacial score (nSPS) is 22.3. The topological polar surface area (TPSA) is 80.8 Å². The van der Waals surface area contributed by atoms with Crippen molar-refractivity contribution in [3.63, 3.8) is 0 Å². The summed E-state index contributed by atoms with van der Waals surface area (Å²) in [6, 6.07) is 4.82. The van der Waals surface area contributed by atoms with Crippen molar-refractivity contribution in [2.75, 3.05) is 18.1 Å². The van der Waals surface area contributed by atoms with E-state index in [9.17, 15) is 18.0 Å². The van der Waals surface area contributed by atoms with E-state index in [0.29, 0.717) is 24.0 Å². The molecule has 27 heavy (non-hydrogen) atoms. The summed E-state index contributed by atoms with van der Waals surface area (Å²) in [4.78, 5) is 26.0. The van der Waals surface area contributed by atoms with Crippen LogP contribution in [0.3, 0.4) is 0 Å². The summed E-state index contributed by atoms with van der Waals surface area (Å²) in [5.41, 5.74) is 0.366. The first-order chi connectivity index (χ1) is 12.9. The molecule has 1 aromatic rings. The minimum atomic E-state index is -3.08. The van der Waals surface area contributed by atoms with Crippen LogP contribution in [-0.4, -0.2) is 55.7 Å². The fraction of sp³-hybridized carbons (Fsp3) is 0.579. The van der Waals surface area contributed by atoms with Gasteiger partial charge in [-0.15, -0.1) is 0 Å². The molecule has 1 aromatic carbocycles. The van der Waals surface area contributed by atoms with Gasteiger partial charge in [0.05, 0.1) is 17.1 Å². The zero-order valence-corrected chi connectivity index (χ0v) is 17.5. The first-order valence-electron chi connectivity index (χ1n) is 9.29. The van der Waals surface area contributed by atoms with Crippen molar-refractivity contribution in [2.45, 2.75) is 50.6 Å². The van der Waals surface area contributed by atoms with E-state index in [2.05, 4.69) is 15.9 Å². The van der Waals surface area contributed by atoms with Crippen LogP contribution in [0.2, 0.25) is 0 Å². The Labute approximate surface area is 168 Å². The molecule has 1 atom stereocenters. The van der Waals surface area contributed by atoms with E-state index < -0.39 is 9.84 Å². The van der Waals surface area contributed by atoms with Gasteiger partial charge in [-0.05, 0) is 37.5 Å². The van der Waals surface area contributed by atoms with Crippen LogP contribution >= 0.6 is 15.9 Å². The fourth-order valence-electron chi connectivity index (χ4n) is 4.02. The van der Waals surface area contributed by atoms with E-state index in [1.54, 1.807) is 23.1 Å². The predicted octanol–water partition coefficient (Wildman–Crippen LogP) is 2.99. The number of amides is 1. The minimum Gasteiger partial charge on any atom is -0.483 e. The van der Waals surface area contributed by atoms with Gasteiger partial charge in [-0.3, -0.25) is 9.59 Å². The molecule has 2 fully saturated rings. The van der Waals surface area contributed by atoms with Gasteiger partial charge in [-0.2, -0.15) is 0 Å². The summed E-state index contributed by atoms with van der Waals surface area (Å²) in [5.74, 6) is 0.317. The van der Waals surface area contributed by atoms with Crippen molar-refractivity contribution < 1.29 is 22.7 Å². The standard InChI is InChI=1S/C19H24BrNO5S/c20-15-6-7-18(14(10-15)11-22)26-12-19(23)21(16-4-2-1-3-5-16)17-8-9-27(24,25)13-17/h6-7,10-11,16-17H,1-5,8-9,12-13H2. The second-order valence-corrected chi connectivity index (χ2v) is 10.4. The van der Waals surface area contributed by atoms with Crippen molar-refractivity contribution in [2.24, 2.45) is 0 Å². The average molecular weight is 458 g/mol. The van der Waals surface area contributed by atoms with Gasteiger partial charge >= 0.3 is 0 Å². The van der Waals surface area contributed by atoms with Crippen LogP contribution in [-0.2, 0) is 14.6 Å². The Morgan fingerprint density at radius 1 is 1.19 bits per heavy atom. The molecule has 1 aliphatic carbocycles. The van der Waals surface area contributed by atoms with Crippen LogP contribution in [0.1, 0.15) is 48.9 Å². The molecule has 148 valence electrons. The zero-order chi connectivity index (χ0) is 19.4. The van der Waals surface area contributed by atoms with Gasteiger partial charge in [0.1, 0.15) is 5.75 Å². The summed E-state index contributed by atoms with van der Waals surface area (Å²) in [6.45, 7) is -0.199. The van der Waals surface area contributed by atoms with E-state index in [-0.39, 0.29) is 36.1 Å². The molecule has 1 heterocycles. The minimum absolute atomic E-state index is 0.0348. The third kappa shape index (κ3) is 5.10. The van der Waals surface area contributed by atoms with Gasteiger partial charge < -0.3 is 9.64 Å². The Kier molecular flexibility index (Phi) is 6.57. The van der Waals surface area contributed by atoms with Crippen molar-refractivity contribution in [3.05, 3.63) is 28.2 Å². The molecule has 0 radical (unpaired) electrons. The highest BCUT2D eigenvalue weighted by Crippen LogP contribution is 2.29. The zero-order valence-electron chi connectivity index (χ0n) is 15.1. The number of rotatable bonds is 6. The van der Waals surface area contributed by atoms with Crippen LogP contribution in [0, 0.1) is 0 Å². The maximum atomic E-state index is 13.0. The van der Waals surface area contributed by atoms with Crippen LogP contribution in [0.15, 0.2) is 22.7 Å². The first kappa shape index (κ1) is 20.3. The molecule has 6 nitrogen and oxygen atoms in total. The molecule has 0 bridgehead atoms. The molecule has 0 N–H and O–H groups in total. The highest BCUT2D eigenvalue weighted by atomic mass is 79.9. The number of benzene rings is 1. The number of hydrogen-bond donors (Lipinski definition) is 0. The summed E-state index contributed by atoms with van der Waals surface area (Å²) in [6.07, 6.45) is 6.24. The number of nitrogens with zero attached hydrogens (tertiary/aromatic N) is 1. The third-order valence-corrected chi connectivity index (χ3v) is 7.55. The monoisotopic (exact) mass is 457 g/mol. The molecule has 8 heteroatoms. The van der Waals surface area contributed by atoms with E-state index in [1.165, 1.54) is 0 Å². The molecule has 2 aliphatic rings. The number of hydrogen-bond acceptors (Lipinski definition) is 5. The molecule has 0 aromatic heterocycles. The fourth-order valence-corrected chi connectivity index (χ4v) is 6.11. The Balaban J connectivity index is 1.74. The van der Waals surface area contributed by atoms with E-state index in [1.807, 2.05) is 0 Å². The number of sulfone groups is 1. The molecular formula is C19H24BrNO5S. The Morgan fingerprint density at radius 2 is 1.93 bits per heavy atom. The molecule has 0 spiro atoms. The second-order valence-electron chi connectivity index (χ2n) is 7.24. The molecule has 1 amide bonds. The summed E-state index contributed by atoms with van der Waals surface area (Å²) >= 11 is 3.30. The lowest BCUT2D eigenvalue weighted by Gasteiger charge is -2.38. The highest BCUT2D eigenvalue weighted by Gasteiger charge is 2.38. The van der Waals surface area contributed by atoms with Gasteiger partial charge in [0.25, 0.3) is 5.91 Å². The van der Waals surface area contributed by atoms with Crippen molar-refractivity contribution >= 4 is 38.0 Å².